The Morgan fingerprint density at radius 3 is 2.56 bits per heavy atom. The van der Waals surface area contributed by atoms with Gasteiger partial charge in [0.25, 0.3) is 5.91 Å². The zero-order valence-corrected chi connectivity index (χ0v) is 13.7. The number of methoxy groups -OCH3 is 1. The molecule has 0 aliphatic heterocycles. The molecule has 0 fully saturated rings. The summed E-state index contributed by atoms with van der Waals surface area (Å²) in [6.07, 6.45) is 0.666. The van der Waals surface area contributed by atoms with E-state index in [-0.39, 0.29) is 5.82 Å². The highest BCUT2D eigenvalue weighted by atomic mass is 16.5. The van der Waals surface area contributed by atoms with Gasteiger partial charge in [0, 0.05) is 6.54 Å². The second kappa shape index (κ2) is 7.48. The summed E-state index contributed by atoms with van der Waals surface area (Å²) in [5.41, 5.74) is 1.22. The van der Waals surface area contributed by atoms with Crippen molar-refractivity contribution in [1.29, 1.82) is 0 Å². The van der Waals surface area contributed by atoms with E-state index < -0.39 is 11.6 Å². The van der Waals surface area contributed by atoms with Gasteiger partial charge in [0.05, 0.1) is 12.8 Å². The van der Waals surface area contributed by atoms with Gasteiger partial charge in [-0.15, -0.1) is 5.10 Å². The summed E-state index contributed by atoms with van der Waals surface area (Å²) < 4.78 is 6.27. The minimum absolute atomic E-state index is 0.0106. The summed E-state index contributed by atoms with van der Waals surface area (Å²) in [7, 11) is 1.62. The third kappa shape index (κ3) is 3.95. The molecule has 0 spiro atoms. The number of benzene rings is 2. The summed E-state index contributed by atoms with van der Waals surface area (Å²) in [6.45, 7) is 0.436. The number of amides is 1. The summed E-state index contributed by atoms with van der Waals surface area (Å²) >= 11 is 0. The Bertz CT molecular complexity index is 898. The van der Waals surface area contributed by atoms with Crippen LogP contribution in [0.3, 0.4) is 0 Å². The minimum Gasteiger partial charge on any atom is -0.497 e. The van der Waals surface area contributed by atoms with E-state index in [0.717, 1.165) is 11.3 Å². The van der Waals surface area contributed by atoms with Crippen molar-refractivity contribution in [2.75, 3.05) is 13.7 Å². The van der Waals surface area contributed by atoms with Gasteiger partial charge in [-0.3, -0.25) is 9.78 Å². The SMILES string of the molecule is COc1ccc(CCNC(=O)c2nn(-c3ccccc3)c(=O)[nH]2)cc1. The molecule has 25 heavy (non-hydrogen) atoms. The van der Waals surface area contributed by atoms with Gasteiger partial charge in [-0.25, -0.2) is 4.79 Å². The molecule has 3 rings (SSSR count). The van der Waals surface area contributed by atoms with Crippen molar-refractivity contribution in [1.82, 2.24) is 20.1 Å². The predicted molar refractivity (Wildman–Crippen MR) is 93.2 cm³/mol. The summed E-state index contributed by atoms with van der Waals surface area (Å²) in [4.78, 5) is 26.6. The zero-order valence-electron chi connectivity index (χ0n) is 13.7. The third-order valence-corrected chi connectivity index (χ3v) is 3.69. The molecule has 0 radical (unpaired) electrons. The van der Waals surface area contributed by atoms with Crippen LogP contribution in [0, 0.1) is 0 Å². The van der Waals surface area contributed by atoms with Crippen molar-refractivity contribution in [3.05, 3.63) is 76.5 Å². The molecule has 0 bridgehead atoms. The van der Waals surface area contributed by atoms with Gasteiger partial charge >= 0.3 is 5.69 Å². The van der Waals surface area contributed by atoms with Crippen LogP contribution >= 0.6 is 0 Å². The molecule has 0 atom stereocenters. The Morgan fingerprint density at radius 2 is 1.88 bits per heavy atom. The van der Waals surface area contributed by atoms with Crippen LogP contribution < -0.4 is 15.7 Å². The number of ether oxygens (including phenoxy) is 1. The Kier molecular flexibility index (Phi) is 4.94. The lowest BCUT2D eigenvalue weighted by Crippen LogP contribution is -2.27. The molecule has 7 nitrogen and oxygen atoms in total. The maximum atomic E-state index is 12.2. The Hall–Kier alpha value is -3.35. The van der Waals surface area contributed by atoms with Crippen molar-refractivity contribution in [2.45, 2.75) is 6.42 Å². The number of rotatable bonds is 6. The molecule has 0 saturated carbocycles. The normalized spacial score (nSPS) is 10.4. The van der Waals surface area contributed by atoms with Gasteiger partial charge in [0.1, 0.15) is 5.75 Å². The average Bonchev–Trinajstić information content (AvgIpc) is 3.05. The summed E-state index contributed by atoms with van der Waals surface area (Å²) in [5.74, 6) is 0.362. The van der Waals surface area contributed by atoms with Crippen molar-refractivity contribution in [3.63, 3.8) is 0 Å². The van der Waals surface area contributed by atoms with Crippen molar-refractivity contribution >= 4 is 5.91 Å². The molecular weight excluding hydrogens is 320 g/mol. The maximum Gasteiger partial charge on any atom is 0.348 e. The number of H-pyrrole nitrogens is 1. The monoisotopic (exact) mass is 338 g/mol. The predicted octanol–water partition coefficient (Wildman–Crippen LogP) is 1.54. The molecule has 1 aromatic heterocycles. The topological polar surface area (TPSA) is 89.0 Å². The largest absolute Gasteiger partial charge is 0.497 e. The van der Waals surface area contributed by atoms with Crippen molar-refractivity contribution < 1.29 is 9.53 Å². The first-order valence-corrected chi connectivity index (χ1v) is 7.83. The van der Waals surface area contributed by atoms with E-state index in [9.17, 15) is 9.59 Å². The van der Waals surface area contributed by atoms with Crippen LogP contribution in [0.1, 0.15) is 16.2 Å². The number of nitrogens with zero attached hydrogens (tertiary/aromatic N) is 2. The standard InChI is InChI=1S/C18H18N4O3/c1-25-15-9-7-13(8-10-15)11-12-19-17(23)16-20-18(24)22(21-16)14-5-3-2-4-6-14/h2-10H,11-12H2,1H3,(H,19,23)(H,20,21,24). The van der Waals surface area contributed by atoms with Crippen LogP contribution in [0.15, 0.2) is 59.4 Å². The smallest absolute Gasteiger partial charge is 0.348 e. The number of carbonyl (C=O) groups is 1. The highest BCUT2D eigenvalue weighted by Crippen LogP contribution is 2.11. The quantitative estimate of drug-likeness (QED) is 0.713. The second-order valence-electron chi connectivity index (χ2n) is 5.38. The molecule has 0 unspecified atom stereocenters. The van der Waals surface area contributed by atoms with Gasteiger partial charge in [0.15, 0.2) is 0 Å². The Labute approximate surface area is 144 Å². The molecular formula is C18H18N4O3. The van der Waals surface area contributed by atoms with Crippen LogP contribution in [-0.2, 0) is 6.42 Å². The van der Waals surface area contributed by atoms with E-state index in [0.29, 0.717) is 18.7 Å². The van der Waals surface area contributed by atoms with Gasteiger partial charge in [-0.1, -0.05) is 30.3 Å². The van der Waals surface area contributed by atoms with Crippen molar-refractivity contribution in [3.8, 4) is 11.4 Å². The first kappa shape index (κ1) is 16.5. The van der Waals surface area contributed by atoms with Gasteiger partial charge in [-0.2, -0.15) is 4.68 Å². The average molecular weight is 338 g/mol. The second-order valence-corrected chi connectivity index (χ2v) is 5.38. The number of aromatic nitrogens is 3. The third-order valence-electron chi connectivity index (χ3n) is 3.69. The number of para-hydroxylation sites is 1. The molecule has 0 saturated heterocycles. The van der Waals surface area contributed by atoms with E-state index >= 15 is 0 Å². The minimum atomic E-state index is -0.452. The fraction of sp³-hybridized carbons (Fsp3) is 0.167. The number of hydrogen-bond acceptors (Lipinski definition) is 4. The van der Waals surface area contributed by atoms with Gasteiger partial charge in [0.2, 0.25) is 5.82 Å². The number of nitrogens with one attached hydrogen (secondary N) is 2. The number of hydrogen-bond donors (Lipinski definition) is 2. The molecule has 128 valence electrons. The van der Waals surface area contributed by atoms with Gasteiger partial charge in [-0.05, 0) is 36.2 Å². The van der Waals surface area contributed by atoms with E-state index in [4.69, 9.17) is 4.74 Å². The lowest BCUT2D eigenvalue weighted by Gasteiger charge is -2.04. The number of carbonyl (C=O) groups excluding carboxylic acids is 1. The lowest BCUT2D eigenvalue weighted by molar-refractivity contribution is 0.0944. The molecule has 2 N–H and O–H groups in total. The Morgan fingerprint density at radius 1 is 1.16 bits per heavy atom. The molecule has 2 aromatic carbocycles. The molecule has 7 heteroatoms. The first-order chi connectivity index (χ1) is 12.2. The van der Waals surface area contributed by atoms with Crippen LogP contribution in [0.5, 0.6) is 5.75 Å². The Balaban J connectivity index is 1.61. The summed E-state index contributed by atoms with van der Waals surface area (Å²) in [5, 5.41) is 6.80. The van der Waals surface area contributed by atoms with E-state index in [1.165, 1.54) is 4.68 Å². The van der Waals surface area contributed by atoms with Crippen LogP contribution in [-0.4, -0.2) is 34.3 Å². The highest BCUT2D eigenvalue weighted by Gasteiger charge is 2.13. The zero-order chi connectivity index (χ0) is 17.6. The van der Waals surface area contributed by atoms with Gasteiger partial charge < -0.3 is 10.1 Å². The maximum absolute atomic E-state index is 12.2. The summed E-state index contributed by atoms with van der Waals surface area (Å²) in [6, 6.07) is 16.5. The molecule has 0 aliphatic rings. The first-order valence-electron chi connectivity index (χ1n) is 7.83. The fourth-order valence-corrected chi connectivity index (χ4v) is 2.37. The van der Waals surface area contributed by atoms with E-state index in [1.54, 1.807) is 31.4 Å². The lowest BCUT2D eigenvalue weighted by atomic mass is 10.1. The van der Waals surface area contributed by atoms with E-state index in [2.05, 4.69) is 15.4 Å². The van der Waals surface area contributed by atoms with Crippen LogP contribution in [0.2, 0.25) is 0 Å². The van der Waals surface area contributed by atoms with E-state index in [1.807, 2.05) is 30.3 Å². The molecule has 3 aromatic rings. The molecule has 1 amide bonds. The number of aromatic amines is 1. The molecule has 1 heterocycles. The van der Waals surface area contributed by atoms with Crippen LogP contribution in [0.25, 0.3) is 5.69 Å². The van der Waals surface area contributed by atoms with Crippen LogP contribution in [0.4, 0.5) is 0 Å². The highest BCUT2D eigenvalue weighted by molar-refractivity contribution is 5.90. The fourth-order valence-electron chi connectivity index (χ4n) is 2.37. The van der Waals surface area contributed by atoms with Crippen molar-refractivity contribution in [2.24, 2.45) is 0 Å². The molecule has 0 aliphatic carbocycles.